The van der Waals surface area contributed by atoms with Crippen molar-refractivity contribution in [3.63, 3.8) is 0 Å². The fourth-order valence-electron chi connectivity index (χ4n) is 4.28. The quantitative estimate of drug-likeness (QED) is 0.382. The van der Waals surface area contributed by atoms with E-state index in [-0.39, 0.29) is 17.1 Å². The van der Waals surface area contributed by atoms with Crippen molar-refractivity contribution in [2.75, 3.05) is 24.5 Å². The van der Waals surface area contributed by atoms with Crippen molar-refractivity contribution in [3.8, 4) is 11.4 Å². The van der Waals surface area contributed by atoms with Crippen molar-refractivity contribution in [2.45, 2.75) is 25.6 Å². The van der Waals surface area contributed by atoms with Gasteiger partial charge >= 0.3 is 6.18 Å². The van der Waals surface area contributed by atoms with Crippen molar-refractivity contribution in [2.24, 2.45) is 5.92 Å². The number of piperidine rings is 1. The number of imide groups is 1. The van der Waals surface area contributed by atoms with Gasteiger partial charge < -0.3 is 10.2 Å². The molecular formula is C24H23F3N8O2S. The first-order chi connectivity index (χ1) is 18.2. The first-order valence-corrected chi connectivity index (χ1v) is 12.7. The zero-order chi connectivity index (χ0) is 26.7. The molecule has 0 spiro atoms. The van der Waals surface area contributed by atoms with Crippen molar-refractivity contribution in [1.82, 2.24) is 35.8 Å². The van der Waals surface area contributed by atoms with Gasteiger partial charge in [-0.15, -0.1) is 0 Å². The highest BCUT2D eigenvalue weighted by atomic mass is 32.2. The fourth-order valence-corrected chi connectivity index (χ4v) is 4.95. The number of hydrogen-bond acceptors (Lipinski definition) is 9. The van der Waals surface area contributed by atoms with Gasteiger partial charge in [0.1, 0.15) is 5.69 Å². The lowest BCUT2D eigenvalue weighted by Crippen LogP contribution is -2.38. The molecule has 14 heteroatoms. The smallest absolute Gasteiger partial charge is 0.341 e. The van der Waals surface area contributed by atoms with Crippen LogP contribution in [0.25, 0.3) is 17.5 Å². The maximum atomic E-state index is 13.4. The number of nitrogens with one attached hydrogen (secondary N) is 3. The number of aromatic amines is 1. The van der Waals surface area contributed by atoms with Crippen molar-refractivity contribution in [1.29, 1.82) is 0 Å². The summed E-state index contributed by atoms with van der Waals surface area (Å²) in [6.45, 7) is 2.38. The van der Waals surface area contributed by atoms with Crippen LogP contribution in [0.1, 0.15) is 29.8 Å². The Morgan fingerprint density at radius 3 is 2.63 bits per heavy atom. The molecule has 0 saturated carbocycles. The van der Waals surface area contributed by atoms with Gasteiger partial charge in [-0.3, -0.25) is 20.0 Å². The second kappa shape index (κ2) is 10.9. The molecule has 0 radical (unpaired) electrons. The third-order valence-corrected chi connectivity index (χ3v) is 7.01. The second-order valence-corrected chi connectivity index (χ2v) is 9.92. The normalized spacial score (nSPS) is 17.9. The molecular weight excluding hydrogens is 521 g/mol. The summed E-state index contributed by atoms with van der Waals surface area (Å²) in [5, 5.41) is 11.6. The zero-order valence-electron chi connectivity index (χ0n) is 20.0. The SMILES string of the molecule is O=C1NC(=O)/C(=C/c2ccnc(N3CCC(CNCc4cc(-c5ccn[nH]5)nc(C(F)(F)F)c4)CC3)n2)S1. The molecule has 2 aliphatic heterocycles. The van der Waals surface area contributed by atoms with Crippen LogP contribution in [0.3, 0.4) is 0 Å². The van der Waals surface area contributed by atoms with Crippen LogP contribution in [-0.4, -0.2) is 55.9 Å². The molecule has 2 amide bonds. The van der Waals surface area contributed by atoms with Gasteiger partial charge in [0, 0.05) is 32.0 Å². The number of amides is 2. The second-order valence-electron chi connectivity index (χ2n) is 8.91. The van der Waals surface area contributed by atoms with E-state index in [2.05, 4.69) is 40.7 Å². The van der Waals surface area contributed by atoms with Crippen LogP contribution in [0.15, 0.2) is 41.6 Å². The number of carbonyl (C=O) groups is 2. The van der Waals surface area contributed by atoms with Gasteiger partial charge in [-0.05, 0) is 73.0 Å². The van der Waals surface area contributed by atoms with E-state index in [0.29, 0.717) is 35.4 Å². The van der Waals surface area contributed by atoms with Crippen LogP contribution in [0.5, 0.6) is 0 Å². The van der Waals surface area contributed by atoms with E-state index in [0.717, 1.165) is 43.8 Å². The minimum Gasteiger partial charge on any atom is -0.341 e. The standard InChI is InChI=1S/C24H23F3N8O2S/c25-24(26,27)20-10-15(9-18(32-20)17-2-6-30-34-17)13-28-12-14-3-7-35(8-4-14)22-29-5-1-16(31-22)11-19-21(36)33-23(37)38-19/h1-2,5-6,9-11,14,28H,3-4,7-8,12-13H2,(H,30,34)(H,33,36,37)/b19-11-. The van der Waals surface area contributed by atoms with Crippen LogP contribution in [0, 0.1) is 5.92 Å². The number of H-pyrrole nitrogens is 1. The largest absolute Gasteiger partial charge is 0.433 e. The average molecular weight is 545 g/mol. The minimum absolute atomic E-state index is 0.194. The third-order valence-electron chi connectivity index (χ3n) is 6.20. The van der Waals surface area contributed by atoms with Crippen LogP contribution in [0.4, 0.5) is 23.9 Å². The van der Waals surface area contributed by atoms with Gasteiger partial charge in [0.05, 0.1) is 22.0 Å². The van der Waals surface area contributed by atoms with E-state index in [4.69, 9.17) is 0 Å². The summed E-state index contributed by atoms with van der Waals surface area (Å²) in [5.41, 5.74) is 0.706. The number of anilines is 1. The highest BCUT2D eigenvalue weighted by Gasteiger charge is 2.33. The Balaban J connectivity index is 1.16. The Kier molecular flexibility index (Phi) is 7.42. The Hall–Kier alpha value is -3.78. The summed E-state index contributed by atoms with van der Waals surface area (Å²) in [7, 11) is 0. The molecule has 2 saturated heterocycles. The van der Waals surface area contributed by atoms with Gasteiger partial charge in [-0.2, -0.15) is 18.3 Å². The summed E-state index contributed by atoms with van der Waals surface area (Å²) < 4.78 is 40.1. The van der Waals surface area contributed by atoms with Crippen LogP contribution in [0.2, 0.25) is 0 Å². The number of pyridine rings is 1. The van der Waals surface area contributed by atoms with E-state index < -0.39 is 23.0 Å². The molecule has 0 unspecified atom stereocenters. The predicted octanol–water partition coefficient (Wildman–Crippen LogP) is 3.61. The Morgan fingerprint density at radius 2 is 1.95 bits per heavy atom. The Labute approximate surface area is 219 Å². The Bertz CT molecular complexity index is 1350. The molecule has 3 aromatic heterocycles. The van der Waals surface area contributed by atoms with Gasteiger partial charge in [-0.1, -0.05) is 0 Å². The number of carbonyl (C=O) groups excluding carboxylic acids is 2. The van der Waals surface area contributed by atoms with Gasteiger partial charge in [-0.25, -0.2) is 15.0 Å². The number of rotatable bonds is 7. The summed E-state index contributed by atoms with van der Waals surface area (Å²) in [6.07, 6.45) is 1.81. The molecule has 10 nitrogen and oxygen atoms in total. The zero-order valence-corrected chi connectivity index (χ0v) is 20.8. The molecule has 3 aromatic rings. The summed E-state index contributed by atoms with van der Waals surface area (Å²) >= 11 is 0.835. The molecule has 5 heterocycles. The molecule has 2 aliphatic rings. The van der Waals surface area contributed by atoms with Gasteiger partial charge in [0.25, 0.3) is 11.1 Å². The molecule has 3 N–H and O–H groups in total. The molecule has 0 bridgehead atoms. The van der Waals surface area contributed by atoms with Crippen molar-refractivity contribution in [3.05, 3.63) is 58.5 Å². The molecule has 0 atom stereocenters. The van der Waals surface area contributed by atoms with Gasteiger partial charge in [0.15, 0.2) is 0 Å². The monoisotopic (exact) mass is 544 g/mol. The van der Waals surface area contributed by atoms with E-state index in [9.17, 15) is 22.8 Å². The number of aromatic nitrogens is 5. The van der Waals surface area contributed by atoms with Crippen LogP contribution in [-0.2, 0) is 17.5 Å². The lowest BCUT2D eigenvalue weighted by atomic mass is 9.97. The molecule has 2 fully saturated rings. The predicted molar refractivity (Wildman–Crippen MR) is 135 cm³/mol. The summed E-state index contributed by atoms with van der Waals surface area (Å²) in [6, 6.07) is 5.94. The lowest BCUT2D eigenvalue weighted by Gasteiger charge is -2.32. The average Bonchev–Trinajstić information content (AvgIpc) is 3.54. The van der Waals surface area contributed by atoms with E-state index in [1.165, 1.54) is 6.20 Å². The number of nitrogens with zero attached hydrogens (tertiary/aromatic N) is 5. The molecule has 0 aliphatic carbocycles. The lowest BCUT2D eigenvalue weighted by molar-refractivity contribution is -0.141. The fraction of sp³-hybridized carbons (Fsp3) is 0.333. The van der Waals surface area contributed by atoms with Gasteiger partial charge in [0.2, 0.25) is 5.95 Å². The molecule has 5 rings (SSSR count). The van der Waals surface area contributed by atoms with Crippen LogP contribution >= 0.6 is 11.8 Å². The molecule has 198 valence electrons. The Morgan fingerprint density at radius 1 is 1.13 bits per heavy atom. The first kappa shape index (κ1) is 25.9. The van der Waals surface area contributed by atoms with E-state index in [1.807, 2.05) is 0 Å². The third kappa shape index (κ3) is 6.19. The number of alkyl halides is 3. The number of halogens is 3. The van der Waals surface area contributed by atoms with Crippen molar-refractivity contribution >= 4 is 34.9 Å². The molecule has 0 aromatic carbocycles. The highest BCUT2D eigenvalue weighted by Crippen LogP contribution is 2.30. The topological polar surface area (TPSA) is 129 Å². The van der Waals surface area contributed by atoms with E-state index in [1.54, 1.807) is 30.5 Å². The maximum Gasteiger partial charge on any atom is 0.433 e. The maximum absolute atomic E-state index is 13.4. The van der Waals surface area contributed by atoms with Crippen LogP contribution < -0.4 is 15.5 Å². The summed E-state index contributed by atoms with van der Waals surface area (Å²) in [4.78, 5) is 38.1. The molecule has 38 heavy (non-hydrogen) atoms. The minimum atomic E-state index is -4.55. The van der Waals surface area contributed by atoms with E-state index >= 15 is 0 Å². The number of thioether (sulfide) groups is 1. The summed E-state index contributed by atoms with van der Waals surface area (Å²) in [5.74, 6) is 0.452. The number of hydrogen-bond donors (Lipinski definition) is 3. The van der Waals surface area contributed by atoms with Crippen molar-refractivity contribution < 1.29 is 22.8 Å². The highest BCUT2D eigenvalue weighted by molar-refractivity contribution is 8.18. The first-order valence-electron chi connectivity index (χ1n) is 11.9.